The van der Waals surface area contributed by atoms with E-state index in [1.54, 1.807) is 0 Å². The lowest BCUT2D eigenvalue weighted by Crippen LogP contribution is -2.24. The van der Waals surface area contributed by atoms with E-state index in [1.165, 1.54) is 23.2 Å². The highest BCUT2D eigenvalue weighted by atomic mass is 14.9. The summed E-state index contributed by atoms with van der Waals surface area (Å²) in [5.74, 6) is 0.536. The third-order valence-corrected chi connectivity index (χ3v) is 4.00. The largest absolute Gasteiger partial charge is 0.308 e. The lowest BCUT2D eigenvalue weighted by Gasteiger charge is -2.17. The van der Waals surface area contributed by atoms with Gasteiger partial charge in [-0.3, -0.25) is 4.98 Å². The van der Waals surface area contributed by atoms with Gasteiger partial charge in [-0.15, -0.1) is 0 Å². The molecule has 1 N–H and O–H groups in total. The van der Waals surface area contributed by atoms with Crippen LogP contribution >= 0.6 is 0 Å². The number of rotatable bonds is 4. The van der Waals surface area contributed by atoms with Crippen molar-refractivity contribution < 1.29 is 0 Å². The smallest absolute Gasteiger partial charge is 0.0605 e. The molecule has 0 fully saturated rings. The van der Waals surface area contributed by atoms with Crippen molar-refractivity contribution in [3.8, 4) is 0 Å². The van der Waals surface area contributed by atoms with E-state index in [1.807, 2.05) is 12.3 Å². The van der Waals surface area contributed by atoms with Crippen molar-refractivity contribution >= 4 is 0 Å². The minimum absolute atomic E-state index is 0.433. The molecular weight excluding hydrogens is 232 g/mol. The van der Waals surface area contributed by atoms with Crippen LogP contribution in [0.3, 0.4) is 0 Å². The predicted molar refractivity (Wildman–Crippen MR) is 78.2 cm³/mol. The first kappa shape index (κ1) is 12.4. The quantitative estimate of drug-likeness (QED) is 0.901. The van der Waals surface area contributed by atoms with Crippen molar-refractivity contribution in [3.05, 3.63) is 65.5 Å². The standard InChI is InChI=1S/C17H20N2/c1-13(14-6-3-2-4-7-14)12-19-16-10-9-15-8-5-11-18-17(15)16/h2-8,11,13,16,19H,9-10,12H2,1H3. The molecule has 0 saturated heterocycles. The SMILES string of the molecule is CC(CNC1CCc2cccnc21)c1ccccc1. The number of fused-ring (bicyclic) bond motifs is 1. The van der Waals surface area contributed by atoms with Gasteiger partial charge in [0.2, 0.25) is 0 Å². The van der Waals surface area contributed by atoms with E-state index < -0.39 is 0 Å². The van der Waals surface area contributed by atoms with Crippen LogP contribution in [0.2, 0.25) is 0 Å². The fraction of sp³-hybridized carbons (Fsp3) is 0.353. The number of pyridine rings is 1. The Morgan fingerprint density at radius 2 is 2.05 bits per heavy atom. The van der Waals surface area contributed by atoms with E-state index in [4.69, 9.17) is 0 Å². The molecule has 19 heavy (non-hydrogen) atoms. The van der Waals surface area contributed by atoms with Crippen LogP contribution < -0.4 is 5.32 Å². The maximum Gasteiger partial charge on any atom is 0.0605 e. The van der Waals surface area contributed by atoms with Gasteiger partial charge in [0.15, 0.2) is 0 Å². The molecule has 1 aromatic heterocycles. The van der Waals surface area contributed by atoms with Crippen molar-refractivity contribution in [2.75, 3.05) is 6.54 Å². The van der Waals surface area contributed by atoms with Gasteiger partial charge in [-0.25, -0.2) is 0 Å². The summed E-state index contributed by atoms with van der Waals surface area (Å²) in [6.07, 6.45) is 4.23. The molecule has 2 atom stereocenters. The molecule has 0 radical (unpaired) electrons. The third kappa shape index (κ3) is 2.69. The van der Waals surface area contributed by atoms with E-state index >= 15 is 0 Å². The van der Waals surface area contributed by atoms with E-state index in [-0.39, 0.29) is 0 Å². The Balaban J connectivity index is 1.62. The van der Waals surface area contributed by atoms with Gasteiger partial charge in [0, 0.05) is 12.7 Å². The van der Waals surface area contributed by atoms with Crippen molar-refractivity contribution in [1.82, 2.24) is 10.3 Å². The second-order valence-corrected chi connectivity index (χ2v) is 5.36. The highest BCUT2D eigenvalue weighted by Crippen LogP contribution is 2.29. The Morgan fingerprint density at radius 1 is 1.21 bits per heavy atom. The molecule has 0 aliphatic heterocycles. The van der Waals surface area contributed by atoms with Gasteiger partial charge in [-0.1, -0.05) is 43.3 Å². The molecule has 0 amide bonds. The van der Waals surface area contributed by atoms with Crippen LogP contribution in [0.25, 0.3) is 0 Å². The third-order valence-electron chi connectivity index (χ3n) is 4.00. The van der Waals surface area contributed by atoms with Crippen LogP contribution in [0.15, 0.2) is 48.7 Å². The van der Waals surface area contributed by atoms with Crippen LogP contribution in [-0.2, 0) is 6.42 Å². The Kier molecular flexibility index (Phi) is 3.60. The molecule has 1 heterocycles. The summed E-state index contributed by atoms with van der Waals surface area (Å²) in [4.78, 5) is 4.53. The molecule has 3 rings (SSSR count). The van der Waals surface area contributed by atoms with E-state index in [2.05, 4.69) is 53.6 Å². The first-order valence-electron chi connectivity index (χ1n) is 7.06. The normalized spacial score (nSPS) is 19.1. The van der Waals surface area contributed by atoms with E-state index in [0.29, 0.717) is 12.0 Å². The first-order valence-corrected chi connectivity index (χ1v) is 7.06. The number of nitrogens with one attached hydrogen (secondary N) is 1. The van der Waals surface area contributed by atoms with Gasteiger partial charge in [-0.2, -0.15) is 0 Å². The monoisotopic (exact) mass is 252 g/mol. The zero-order chi connectivity index (χ0) is 13.1. The zero-order valence-electron chi connectivity index (χ0n) is 11.3. The summed E-state index contributed by atoms with van der Waals surface area (Å²) >= 11 is 0. The zero-order valence-corrected chi connectivity index (χ0v) is 11.3. The van der Waals surface area contributed by atoms with Gasteiger partial charge in [0.05, 0.1) is 11.7 Å². The van der Waals surface area contributed by atoms with Crippen LogP contribution in [0.1, 0.15) is 42.1 Å². The lowest BCUT2D eigenvalue weighted by atomic mass is 10.0. The number of aromatic nitrogens is 1. The molecule has 1 aromatic carbocycles. The second kappa shape index (κ2) is 5.54. The fourth-order valence-electron chi connectivity index (χ4n) is 2.83. The highest BCUT2D eigenvalue weighted by molar-refractivity contribution is 5.28. The Bertz CT molecular complexity index is 536. The van der Waals surface area contributed by atoms with Gasteiger partial charge in [0.1, 0.15) is 0 Å². The summed E-state index contributed by atoms with van der Waals surface area (Å²) in [5.41, 5.74) is 4.06. The molecular formula is C17H20N2. The lowest BCUT2D eigenvalue weighted by molar-refractivity contribution is 0.497. The molecule has 98 valence electrons. The van der Waals surface area contributed by atoms with Crippen LogP contribution in [-0.4, -0.2) is 11.5 Å². The molecule has 0 saturated carbocycles. The number of benzene rings is 1. The topological polar surface area (TPSA) is 24.9 Å². The van der Waals surface area contributed by atoms with E-state index in [0.717, 1.165) is 13.0 Å². The molecule has 0 bridgehead atoms. The number of hydrogen-bond acceptors (Lipinski definition) is 2. The van der Waals surface area contributed by atoms with Gasteiger partial charge < -0.3 is 5.32 Å². The molecule has 2 heteroatoms. The van der Waals surface area contributed by atoms with E-state index in [9.17, 15) is 0 Å². The van der Waals surface area contributed by atoms with Crippen LogP contribution in [0.4, 0.5) is 0 Å². The van der Waals surface area contributed by atoms with Gasteiger partial charge in [-0.05, 0) is 36.0 Å². The van der Waals surface area contributed by atoms with Crippen molar-refractivity contribution in [2.24, 2.45) is 0 Å². The minimum atomic E-state index is 0.433. The summed E-state index contributed by atoms with van der Waals surface area (Å²) in [7, 11) is 0. The van der Waals surface area contributed by atoms with Crippen LogP contribution in [0.5, 0.6) is 0 Å². The number of nitrogens with zero attached hydrogens (tertiary/aromatic N) is 1. The molecule has 1 aliphatic rings. The van der Waals surface area contributed by atoms with Crippen molar-refractivity contribution in [3.63, 3.8) is 0 Å². The Labute approximate surface area is 114 Å². The summed E-state index contributed by atoms with van der Waals surface area (Å²) in [6, 6.07) is 15.4. The highest BCUT2D eigenvalue weighted by Gasteiger charge is 2.23. The molecule has 2 nitrogen and oxygen atoms in total. The maximum absolute atomic E-state index is 4.53. The average molecular weight is 252 g/mol. The number of aryl methyl sites for hydroxylation is 1. The van der Waals surface area contributed by atoms with Crippen molar-refractivity contribution in [1.29, 1.82) is 0 Å². The average Bonchev–Trinajstić information content (AvgIpc) is 2.89. The first-order chi connectivity index (χ1) is 9.34. The fourth-order valence-corrected chi connectivity index (χ4v) is 2.83. The molecule has 2 aromatic rings. The van der Waals surface area contributed by atoms with Gasteiger partial charge >= 0.3 is 0 Å². The number of hydrogen-bond donors (Lipinski definition) is 1. The summed E-state index contributed by atoms with van der Waals surface area (Å²) in [6.45, 7) is 3.28. The Morgan fingerprint density at radius 3 is 2.89 bits per heavy atom. The molecule has 2 unspecified atom stereocenters. The molecule has 1 aliphatic carbocycles. The minimum Gasteiger partial charge on any atom is -0.308 e. The predicted octanol–water partition coefficient (Wildman–Crippen LogP) is 3.46. The molecule has 0 spiro atoms. The summed E-state index contributed by atoms with van der Waals surface area (Å²) in [5, 5.41) is 3.67. The second-order valence-electron chi connectivity index (χ2n) is 5.36. The summed E-state index contributed by atoms with van der Waals surface area (Å²) < 4.78 is 0. The Hall–Kier alpha value is -1.67. The van der Waals surface area contributed by atoms with Crippen molar-refractivity contribution in [2.45, 2.75) is 31.7 Å². The van der Waals surface area contributed by atoms with Crippen LogP contribution in [0, 0.1) is 0 Å². The van der Waals surface area contributed by atoms with Gasteiger partial charge in [0.25, 0.3) is 0 Å². The maximum atomic E-state index is 4.53.